The number of aliphatic carboxylic acids is 1. The number of hydrogen-bond donors (Lipinski definition) is 1. The normalized spacial score (nSPS) is 23.9. The Balaban J connectivity index is 1.81. The maximum Gasteiger partial charge on any atom is 0.311 e. The van der Waals surface area contributed by atoms with Gasteiger partial charge in [0.05, 0.1) is 11.7 Å². The first-order valence-corrected chi connectivity index (χ1v) is 8.89. The number of carboxylic acids is 1. The average molecular weight is 379 g/mol. The van der Waals surface area contributed by atoms with Crippen molar-refractivity contribution in [2.45, 2.75) is 26.7 Å². The van der Waals surface area contributed by atoms with E-state index in [4.69, 9.17) is 27.6 Å². The third kappa shape index (κ3) is 3.23. The Labute approximate surface area is 157 Å². The third-order valence-electron chi connectivity index (χ3n) is 5.46. The lowest BCUT2D eigenvalue weighted by Crippen LogP contribution is -2.24. The van der Waals surface area contributed by atoms with Gasteiger partial charge >= 0.3 is 5.97 Å². The number of halogens is 2. The molecule has 1 aromatic heterocycles. The number of furan rings is 1. The van der Waals surface area contributed by atoms with Crippen LogP contribution in [0.2, 0.25) is 0 Å². The van der Waals surface area contributed by atoms with E-state index < -0.39 is 16.8 Å². The van der Waals surface area contributed by atoms with Gasteiger partial charge in [-0.05, 0) is 35.1 Å². The minimum Gasteiger partial charge on any atom is -0.481 e. The van der Waals surface area contributed by atoms with E-state index in [9.17, 15) is 9.90 Å². The summed E-state index contributed by atoms with van der Waals surface area (Å²) in [6.07, 6.45) is 4.36. The van der Waals surface area contributed by atoms with Crippen LogP contribution < -0.4 is 0 Å². The van der Waals surface area contributed by atoms with Crippen molar-refractivity contribution in [3.8, 4) is 0 Å². The molecule has 2 unspecified atom stereocenters. The van der Waals surface area contributed by atoms with Gasteiger partial charge in [-0.2, -0.15) is 0 Å². The number of carboxylic acid groups (broad SMARTS) is 1. The predicted molar refractivity (Wildman–Crippen MR) is 98.8 cm³/mol. The van der Waals surface area contributed by atoms with E-state index in [1.165, 1.54) is 0 Å². The molecule has 2 atom stereocenters. The van der Waals surface area contributed by atoms with Gasteiger partial charge in [0, 0.05) is 12.3 Å². The number of allylic oxidation sites excluding steroid dienone is 1. The molecular formula is C20H20Cl2O3. The largest absolute Gasteiger partial charge is 0.481 e. The molecule has 0 aliphatic heterocycles. The fourth-order valence-corrected chi connectivity index (χ4v) is 4.18. The molecule has 0 radical (unpaired) electrons. The summed E-state index contributed by atoms with van der Waals surface area (Å²) < 4.78 is 5.76. The van der Waals surface area contributed by atoms with Crippen LogP contribution >= 0.6 is 23.2 Å². The van der Waals surface area contributed by atoms with E-state index in [-0.39, 0.29) is 10.4 Å². The highest BCUT2D eigenvalue weighted by atomic mass is 35.5. The summed E-state index contributed by atoms with van der Waals surface area (Å²) in [6.45, 7) is 3.87. The van der Waals surface area contributed by atoms with Crippen LogP contribution in [0.5, 0.6) is 0 Å². The molecule has 132 valence electrons. The molecule has 0 amide bonds. The van der Waals surface area contributed by atoms with Crippen molar-refractivity contribution in [2.24, 2.45) is 16.7 Å². The van der Waals surface area contributed by atoms with Crippen molar-refractivity contribution < 1.29 is 14.3 Å². The maximum atomic E-state index is 12.0. The number of hydrogen-bond acceptors (Lipinski definition) is 2. The quantitative estimate of drug-likeness (QED) is 0.725. The zero-order valence-electron chi connectivity index (χ0n) is 14.1. The van der Waals surface area contributed by atoms with Crippen LogP contribution in [-0.4, -0.2) is 11.1 Å². The van der Waals surface area contributed by atoms with Crippen molar-refractivity contribution in [3.05, 3.63) is 70.1 Å². The summed E-state index contributed by atoms with van der Waals surface area (Å²) >= 11 is 11.6. The monoisotopic (exact) mass is 378 g/mol. The zero-order chi connectivity index (χ0) is 18.2. The SMILES string of the molecule is CC1(C)C(C=C(Cl)Cl)C1(Cc1coc(Cc2ccccc2)c1)C(=O)O. The van der Waals surface area contributed by atoms with Gasteiger partial charge in [0.1, 0.15) is 10.3 Å². The van der Waals surface area contributed by atoms with Crippen LogP contribution in [-0.2, 0) is 17.6 Å². The Morgan fingerprint density at radius 3 is 2.52 bits per heavy atom. The van der Waals surface area contributed by atoms with Crippen LogP contribution in [0.25, 0.3) is 0 Å². The van der Waals surface area contributed by atoms with Crippen molar-refractivity contribution >= 4 is 29.2 Å². The van der Waals surface area contributed by atoms with Gasteiger partial charge in [0.2, 0.25) is 0 Å². The maximum absolute atomic E-state index is 12.0. The molecule has 1 fully saturated rings. The second-order valence-electron chi connectivity index (χ2n) is 7.19. The van der Waals surface area contributed by atoms with Crippen LogP contribution in [0.3, 0.4) is 0 Å². The zero-order valence-corrected chi connectivity index (χ0v) is 15.6. The molecule has 1 heterocycles. The highest BCUT2D eigenvalue weighted by Gasteiger charge is 2.74. The summed E-state index contributed by atoms with van der Waals surface area (Å²) in [5.41, 5.74) is 0.682. The van der Waals surface area contributed by atoms with Crippen LogP contribution in [0, 0.1) is 16.7 Å². The molecule has 0 saturated heterocycles. The summed E-state index contributed by atoms with van der Waals surface area (Å²) in [4.78, 5) is 12.0. The van der Waals surface area contributed by atoms with Crippen molar-refractivity contribution in [1.29, 1.82) is 0 Å². The van der Waals surface area contributed by atoms with E-state index in [2.05, 4.69) is 0 Å². The molecule has 0 bridgehead atoms. The molecule has 1 aromatic carbocycles. The van der Waals surface area contributed by atoms with Gasteiger partial charge in [0.25, 0.3) is 0 Å². The van der Waals surface area contributed by atoms with Crippen LogP contribution in [0.15, 0.2) is 57.6 Å². The first kappa shape index (κ1) is 18.1. The summed E-state index contributed by atoms with van der Waals surface area (Å²) in [6, 6.07) is 12.0. The number of carbonyl (C=O) groups is 1. The van der Waals surface area contributed by atoms with Gasteiger partial charge in [-0.15, -0.1) is 0 Å². The molecule has 1 aliphatic carbocycles. The van der Waals surface area contributed by atoms with E-state index in [0.717, 1.165) is 16.9 Å². The third-order valence-corrected chi connectivity index (χ3v) is 5.71. The van der Waals surface area contributed by atoms with Gasteiger partial charge in [-0.3, -0.25) is 4.79 Å². The fraction of sp³-hybridized carbons (Fsp3) is 0.350. The highest BCUT2D eigenvalue weighted by Crippen LogP contribution is 2.71. The first-order valence-electron chi connectivity index (χ1n) is 8.14. The molecule has 1 N–H and O–H groups in total. The summed E-state index contributed by atoms with van der Waals surface area (Å²) in [7, 11) is 0. The average Bonchev–Trinajstić information content (AvgIpc) is 2.85. The van der Waals surface area contributed by atoms with Crippen molar-refractivity contribution in [2.75, 3.05) is 0 Å². The Morgan fingerprint density at radius 2 is 1.92 bits per heavy atom. The van der Waals surface area contributed by atoms with Crippen LogP contribution in [0.1, 0.15) is 30.7 Å². The molecule has 25 heavy (non-hydrogen) atoms. The summed E-state index contributed by atoms with van der Waals surface area (Å²) in [5, 5.41) is 9.88. The number of rotatable bonds is 6. The predicted octanol–water partition coefficient (Wildman–Crippen LogP) is 5.46. The van der Waals surface area contributed by atoms with E-state index in [0.29, 0.717) is 12.8 Å². The van der Waals surface area contributed by atoms with E-state index in [1.54, 1.807) is 12.3 Å². The molecular weight excluding hydrogens is 359 g/mol. The Bertz CT molecular complexity index is 803. The Morgan fingerprint density at radius 1 is 1.24 bits per heavy atom. The number of benzene rings is 1. The van der Waals surface area contributed by atoms with Gasteiger partial charge in [-0.25, -0.2) is 0 Å². The lowest BCUT2D eigenvalue weighted by atomic mass is 9.89. The van der Waals surface area contributed by atoms with E-state index in [1.807, 2.05) is 50.2 Å². The molecule has 3 nitrogen and oxygen atoms in total. The Hall–Kier alpha value is -1.71. The molecule has 1 aliphatic rings. The van der Waals surface area contributed by atoms with E-state index >= 15 is 0 Å². The Kier molecular flexibility index (Phi) is 4.74. The molecule has 0 spiro atoms. The van der Waals surface area contributed by atoms with Gasteiger partial charge in [-0.1, -0.05) is 67.4 Å². The molecule has 3 rings (SSSR count). The molecule has 5 heteroatoms. The van der Waals surface area contributed by atoms with Gasteiger partial charge in [0.15, 0.2) is 0 Å². The first-order chi connectivity index (χ1) is 11.8. The van der Waals surface area contributed by atoms with Crippen LogP contribution in [0.4, 0.5) is 0 Å². The smallest absolute Gasteiger partial charge is 0.311 e. The van der Waals surface area contributed by atoms with Gasteiger partial charge < -0.3 is 9.52 Å². The second kappa shape index (κ2) is 6.54. The molecule has 2 aromatic rings. The highest BCUT2D eigenvalue weighted by molar-refractivity contribution is 6.55. The standard InChI is InChI=1S/C20H20Cl2O3/c1-19(2)16(10-17(21)22)20(19,18(23)24)11-14-9-15(25-12-14)8-13-6-4-3-5-7-13/h3-7,9-10,12,16H,8,11H2,1-2H3,(H,23,24). The lowest BCUT2D eigenvalue weighted by Gasteiger charge is -2.14. The van der Waals surface area contributed by atoms with Crippen molar-refractivity contribution in [3.63, 3.8) is 0 Å². The summed E-state index contributed by atoms with van der Waals surface area (Å²) in [5.74, 6) is -0.225. The second-order valence-corrected chi connectivity index (χ2v) is 8.20. The van der Waals surface area contributed by atoms with Crippen molar-refractivity contribution in [1.82, 2.24) is 0 Å². The molecule has 1 saturated carbocycles. The topological polar surface area (TPSA) is 50.4 Å². The minimum atomic E-state index is -0.921. The minimum absolute atomic E-state index is 0.109. The fourth-order valence-electron chi connectivity index (χ4n) is 3.92. The lowest BCUT2D eigenvalue weighted by molar-refractivity contribution is -0.145.